The third kappa shape index (κ3) is 2.62. The molecule has 0 spiro atoms. The highest BCUT2D eigenvalue weighted by atomic mass is 16.1. The summed E-state index contributed by atoms with van der Waals surface area (Å²) in [7, 11) is 0. The number of rotatable bonds is 3. The summed E-state index contributed by atoms with van der Waals surface area (Å²) in [4.78, 5) is 11.8. The molecule has 1 heterocycles. The van der Waals surface area contributed by atoms with Crippen LogP contribution in [0.4, 0.5) is 0 Å². The summed E-state index contributed by atoms with van der Waals surface area (Å²) >= 11 is 0. The smallest absolute Gasteiger partial charge is 0.221 e. The Hall–Kier alpha value is -0.570. The van der Waals surface area contributed by atoms with E-state index >= 15 is 0 Å². The van der Waals surface area contributed by atoms with E-state index in [0.717, 1.165) is 37.1 Å². The van der Waals surface area contributed by atoms with Crippen LogP contribution in [0.5, 0.6) is 0 Å². The Morgan fingerprint density at radius 2 is 1.76 bits per heavy atom. The molecule has 118 valence electrons. The molecule has 1 saturated heterocycles. The van der Waals surface area contributed by atoms with Crippen molar-refractivity contribution >= 4 is 5.91 Å². The van der Waals surface area contributed by atoms with Crippen LogP contribution in [0, 0.1) is 23.2 Å². The van der Waals surface area contributed by atoms with Gasteiger partial charge in [-0.25, -0.2) is 0 Å². The van der Waals surface area contributed by atoms with Gasteiger partial charge in [-0.15, -0.1) is 0 Å². The lowest BCUT2D eigenvalue weighted by molar-refractivity contribution is -0.121. The van der Waals surface area contributed by atoms with Gasteiger partial charge in [0.05, 0.1) is 0 Å². The van der Waals surface area contributed by atoms with E-state index in [1.807, 2.05) is 0 Å². The standard InChI is InChI=1S/C18H30N2O/c1-12(20-16-3-2-4-19-17(21)8-16)18-9-13-5-14(10-18)7-15(6-13)11-18/h12-16,20H,2-11H2,1H3,(H,19,21). The molecule has 5 aliphatic rings. The van der Waals surface area contributed by atoms with Gasteiger partial charge < -0.3 is 10.6 Å². The first-order chi connectivity index (χ1) is 10.1. The lowest BCUT2D eigenvalue weighted by Crippen LogP contribution is -2.56. The highest BCUT2D eigenvalue weighted by Gasteiger charge is 2.53. The van der Waals surface area contributed by atoms with Crippen LogP contribution in [0.3, 0.4) is 0 Å². The number of hydrogen-bond donors (Lipinski definition) is 2. The summed E-state index contributed by atoms with van der Waals surface area (Å²) < 4.78 is 0. The van der Waals surface area contributed by atoms with E-state index in [4.69, 9.17) is 0 Å². The van der Waals surface area contributed by atoms with Gasteiger partial charge in [0.1, 0.15) is 0 Å². The molecular weight excluding hydrogens is 260 g/mol. The molecule has 2 unspecified atom stereocenters. The highest BCUT2D eigenvalue weighted by molar-refractivity contribution is 5.76. The third-order valence-electron chi connectivity index (χ3n) is 6.97. The third-order valence-corrected chi connectivity index (χ3v) is 6.97. The van der Waals surface area contributed by atoms with E-state index in [-0.39, 0.29) is 5.91 Å². The lowest BCUT2D eigenvalue weighted by atomic mass is 9.48. The van der Waals surface area contributed by atoms with Crippen molar-refractivity contribution in [2.24, 2.45) is 23.2 Å². The summed E-state index contributed by atoms with van der Waals surface area (Å²) in [5.41, 5.74) is 0.553. The minimum Gasteiger partial charge on any atom is -0.356 e. The molecule has 5 fully saturated rings. The van der Waals surface area contributed by atoms with Crippen LogP contribution in [0.2, 0.25) is 0 Å². The second-order valence-corrected chi connectivity index (χ2v) is 8.56. The summed E-state index contributed by atoms with van der Waals surface area (Å²) in [5.74, 6) is 3.27. The first kappa shape index (κ1) is 14.0. The van der Waals surface area contributed by atoms with Crippen LogP contribution in [0.15, 0.2) is 0 Å². The van der Waals surface area contributed by atoms with Gasteiger partial charge in [0.15, 0.2) is 0 Å². The van der Waals surface area contributed by atoms with Gasteiger partial charge in [-0.3, -0.25) is 4.79 Å². The second-order valence-electron chi connectivity index (χ2n) is 8.56. The van der Waals surface area contributed by atoms with Crippen molar-refractivity contribution in [3.8, 4) is 0 Å². The molecule has 0 aromatic rings. The second kappa shape index (κ2) is 5.26. The minimum atomic E-state index is 0.239. The van der Waals surface area contributed by atoms with E-state index < -0.39 is 0 Å². The van der Waals surface area contributed by atoms with Gasteiger partial charge in [-0.05, 0) is 81.5 Å². The zero-order valence-corrected chi connectivity index (χ0v) is 13.4. The van der Waals surface area contributed by atoms with Crippen molar-refractivity contribution in [3.05, 3.63) is 0 Å². The Bertz CT molecular complexity index is 384. The largest absolute Gasteiger partial charge is 0.356 e. The maximum absolute atomic E-state index is 11.8. The molecule has 3 nitrogen and oxygen atoms in total. The monoisotopic (exact) mass is 290 g/mol. The normalized spacial score (nSPS) is 47.0. The van der Waals surface area contributed by atoms with Crippen LogP contribution in [0.25, 0.3) is 0 Å². The molecule has 4 aliphatic carbocycles. The summed E-state index contributed by atoms with van der Waals surface area (Å²) in [6.45, 7) is 3.28. The quantitative estimate of drug-likeness (QED) is 0.839. The maximum Gasteiger partial charge on any atom is 0.221 e. The number of carbonyl (C=O) groups excluding carboxylic acids is 1. The first-order valence-electron chi connectivity index (χ1n) is 9.16. The number of carbonyl (C=O) groups is 1. The number of hydrogen-bond acceptors (Lipinski definition) is 2. The molecule has 4 bridgehead atoms. The fraction of sp³-hybridized carbons (Fsp3) is 0.944. The predicted octanol–water partition coefficient (Wildman–Crippen LogP) is 2.85. The SMILES string of the molecule is CC(NC1CCCNC(=O)C1)C12CC3CC(CC(C3)C1)C2. The van der Waals surface area contributed by atoms with E-state index in [1.54, 1.807) is 0 Å². The Balaban J connectivity index is 1.44. The molecule has 1 aliphatic heterocycles. The van der Waals surface area contributed by atoms with Crippen LogP contribution in [0.1, 0.15) is 64.7 Å². The molecule has 2 atom stereocenters. The maximum atomic E-state index is 11.8. The van der Waals surface area contributed by atoms with Crippen LogP contribution >= 0.6 is 0 Å². The van der Waals surface area contributed by atoms with Gasteiger partial charge in [0.2, 0.25) is 5.91 Å². The average molecular weight is 290 g/mol. The molecular formula is C18H30N2O. The van der Waals surface area contributed by atoms with Crippen molar-refractivity contribution in [1.29, 1.82) is 0 Å². The summed E-state index contributed by atoms with van der Waals surface area (Å²) in [5, 5.41) is 6.89. The van der Waals surface area contributed by atoms with Gasteiger partial charge in [0.25, 0.3) is 0 Å². The molecule has 3 heteroatoms. The molecule has 1 amide bonds. The van der Waals surface area contributed by atoms with Crippen molar-refractivity contribution < 1.29 is 4.79 Å². The van der Waals surface area contributed by atoms with Crippen LogP contribution < -0.4 is 10.6 Å². The summed E-state index contributed by atoms with van der Waals surface area (Å²) in [6.07, 6.45) is 11.8. The Morgan fingerprint density at radius 3 is 2.38 bits per heavy atom. The van der Waals surface area contributed by atoms with Crippen molar-refractivity contribution in [2.45, 2.75) is 76.8 Å². The van der Waals surface area contributed by atoms with Crippen LogP contribution in [-0.2, 0) is 4.79 Å². The highest BCUT2D eigenvalue weighted by Crippen LogP contribution is 2.61. The van der Waals surface area contributed by atoms with Crippen molar-refractivity contribution in [3.63, 3.8) is 0 Å². The van der Waals surface area contributed by atoms with E-state index in [0.29, 0.717) is 23.9 Å². The zero-order chi connectivity index (χ0) is 14.4. The fourth-order valence-electron chi connectivity index (χ4n) is 6.35. The van der Waals surface area contributed by atoms with Crippen LogP contribution in [-0.4, -0.2) is 24.5 Å². The number of amides is 1. The van der Waals surface area contributed by atoms with E-state index in [2.05, 4.69) is 17.6 Å². The average Bonchev–Trinajstić information content (AvgIpc) is 2.61. The molecule has 0 aromatic heterocycles. The van der Waals surface area contributed by atoms with E-state index in [9.17, 15) is 4.79 Å². The van der Waals surface area contributed by atoms with Crippen molar-refractivity contribution in [2.75, 3.05) is 6.54 Å². The van der Waals surface area contributed by atoms with Gasteiger partial charge in [-0.2, -0.15) is 0 Å². The molecule has 2 N–H and O–H groups in total. The molecule has 0 aromatic carbocycles. The van der Waals surface area contributed by atoms with Crippen molar-refractivity contribution in [1.82, 2.24) is 10.6 Å². The minimum absolute atomic E-state index is 0.239. The van der Waals surface area contributed by atoms with E-state index in [1.165, 1.54) is 38.5 Å². The first-order valence-corrected chi connectivity index (χ1v) is 9.16. The molecule has 21 heavy (non-hydrogen) atoms. The Labute approximate surface area is 128 Å². The number of nitrogens with one attached hydrogen (secondary N) is 2. The molecule has 5 rings (SSSR count). The Morgan fingerprint density at radius 1 is 1.14 bits per heavy atom. The molecule has 0 radical (unpaired) electrons. The predicted molar refractivity (Wildman–Crippen MR) is 83.9 cm³/mol. The van der Waals surface area contributed by atoms with Gasteiger partial charge >= 0.3 is 0 Å². The Kier molecular flexibility index (Phi) is 3.52. The summed E-state index contributed by atoms with van der Waals surface area (Å²) in [6, 6.07) is 0.984. The fourth-order valence-corrected chi connectivity index (χ4v) is 6.35. The topological polar surface area (TPSA) is 41.1 Å². The van der Waals surface area contributed by atoms with Gasteiger partial charge in [0, 0.05) is 25.0 Å². The van der Waals surface area contributed by atoms with Gasteiger partial charge in [-0.1, -0.05) is 0 Å². The molecule has 4 saturated carbocycles. The lowest BCUT2D eigenvalue weighted by Gasteiger charge is -2.59. The zero-order valence-electron chi connectivity index (χ0n) is 13.4.